The van der Waals surface area contributed by atoms with E-state index in [0.717, 1.165) is 30.3 Å². The van der Waals surface area contributed by atoms with Gasteiger partial charge in [0.1, 0.15) is 5.82 Å². The Labute approximate surface area is 197 Å². The fourth-order valence-electron chi connectivity index (χ4n) is 2.71. The Balaban J connectivity index is 1.59. The summed E-state index contributed by atoms with van der Waals surface area (Å²) >= 11 is 1.78. The van der Waals surface area contributed by atoms with Crippen molar-refractivity contribution < 1.29 is 13.9 Å². The lowest BCUT2D eigenvalue weighted by Crippen LogP contribution is -2.08. The third-order valence-electron chi connectivity index (χ3n) is 4.46. The zero-order valence-electron chi connectivity index (χ0n) is 18.6. The molecule has 0 aliphatic rings. The number of carbonyl (C=O) groups is 1. The summed E-state index contributed by atoms with van der Waals surface area (Å²) in [4.78, 5) is 13.1. The van der Waals surface area contributed by atoms with Crippen LogP contribution in [0.2, 0.25) is 0 Å². The number of hydrogen-bond acceptors (Lipinski definition) is 7. The van der Waals surface area contributed by atoms with Crippen LogP contribution in [-0.4, -0.2) is 18.3 Å². The quantitative estimate of drug-likeness (QED) is 0.130. The summed E-state index contributed by atoms with van der Waals surface area (Å²) in [5.41, 5.74) is 2.22. The number of carbonyl (C=O) groups excluding carboxylic acids is 1. The van der Waals surface area contributed by atoms with Crippen molar-refractivity contribution in [3.63, 3.8) is 0 Å². The SMILES string of the molecule is CCCCOC(=O)c1ccc(N=Nc2ccc(N=Nc3ccc(SCC)cc3)cc2)cc1F. The number of thioether (sulfide) groups is 1. The fourth-order valence-corrected chi connectivity index (χ4v) is 3.37. The van der Waals surface area contributed by atoms with Crippen LogP contribution >= 0.6 is 11.8 Å². The molecule has 0 unspecified atom stereocenters. The van der Waals surface area contributed by atoms with Crippen LogP contribution in [0.4, 0.5) is 27.1 Å². The molecule has 6 nitrogen and oxygen atoms in total. The highest BCUT2D eigenvalue weighted by molar-refractivity contribution is 7.99. The van der Waals surface area contributed by atoms with E-state index in [1.807, 2.05) is 31.2 Å². The maximum absolute atomic E-state index is 14.2. The van der Waals surface area contributed by atoms with Gasteiger partial charge in [-0.05, 0) is 72.8 Å². The zero-order valence-corrected chi connectivity index (χ0v) is 19.4. The van der Waals surface area contributed by atoms with Gasteiger partial charge >= 0.3 is 5.97 Å². The van der Waals surface area contributed by atoms with Crippen LogP contribution in [0.3, 0.4) is 0 Å². The number of esters is 1. The average molecular weight is 465 g/mol. The predicted molar refractivity (Wildman–Crippen MR) is 129 cm³/mol. The molecular formula is C25H25FN4O2S. The minimum Gasteiger partial charge on any atom is -0.462 e. The molecule has 0 amide bonds. The molecule has 0 atom stereocenters. The van der Waals surface area contributed by atoms with E-state index in [4.69, 9.17) is 4.74 Å². The molecule has 0 aliphatic carbocycles. The topological polar surface area (TPSA) is 75.7 Å². The second-order valence-electron chi connectivity index (χ2n) is 7.00. The largest absolute Gasteiger partial charge is 0.462 e. The van der Waals surface area contributed by atoms with Crippen LogP contribution in [0.15, 0.2) is 92.1 Å². The highest BCUT2D eigenvalue weighted by Gasteiger charge is 2.13. The molecule has 170 valence electrons. The maximum atomic E-state index is 14.2. The van der Waals surface area contributed by atoms with Gasteiger partial charge in [0.15, 0.2) is 0 Å². The first-order valence-electron chi connectivity index (χ1n) is 10.7. The highest BCUT2D eigenvalue weighted by Crippen LogP contribution is 2.26. The summed E-state index contributed by atoms with van der Waals surface area (Å²) in [5.74, 6) is -0.339. The van der Waals surface area contributed by atoms with Gasteiger partial charge in [-0.2, -0.15) is 20.5 Å². The smallest absolute Gasteiger partial charge is 0.341 e. The van der Waals surface area contributed by atoms with E-state index in [9.17, 15) is 9.18 Å². The van der Waals surface area contributed by atoms with Crippen molar-refractivity contribution >= 4 is 40.5 Å². The summed E-state index contributed by atoms with van der Waals surface area (Å²) in [5, 5.41) is 16.6. The maximum Gasteiger partial charge on any atom is 0.341 e. The van der Waals surface area contributed by atoms with Gasteiger partial charge < -0.3 is 4.74 Å². The van der Waals surface area contributed by atoms with Gasteiger partial charge in [-0.15, -0.1) is 11.8 Å². The molecule has 0 aliphatic heterocycles. The van der Waals surface area contributed by atoms with Crippen LogP contribution in [-0.2, 0) is 4.74 Å². The molecule has 0 fully saturated rings. The van der Waals surface area contributed by atoms with E-state index in [0.29, 0.717) is 17.1 Å². The molecule has 0 saturated heterocycles. The molecule has 3 rings (SSSR count). The van der Waals surface area contributed by atoms with Gasteiger partial charge in [0, 0.05) is 11.0 Å². The normalized spacial score (nSPS) is 11.4. The van der Waals surface area contributed by atoms with E-state index in [1.54, 1.807) is 36.0 Å². The molecule has 0 saturated carbocycles. The highest BCUT2D eigenvalue weighted by atomic mass is 32.2. The van der Waals surface area contributed by atoms with Gasteiger partial charge in [0.05, 0.1) is 34.9 Å². The standard InChI is InChI=1S/C25H25FN4O2S/c1-3-5-16-32-25(31)23-15-12-21(17-24(23)26)30-29-19-8-6-18(7-9-19)27-28-20-10-13-22(14-11-20)33-4-2/h6-15,17H,3-5,16H2,1-2H3. The minimum absolute atomic E-state index is 0.112. The molecule has 0 radical (unpaired) electrons. The lowest BCUT2D eigenvalue weighted by molar-refractivity contribution is 0.0494. The molecule has 0 N–H and O–H groups in total. The Bertz CT molecular complexity index is 1120. The van der Waals surface area contributed by atoms with E-state index in [1.165, 1.54) is 17.0 Å². The Morgan fingerprint density at radius 3 is 1.85 bits per heavy atom. The summed E-state index contributed by atoms with van der Waals surface area (Å²) in [6.45, 7) is 4.37. The van der Waals surface area contributed by atoms with E-state index in [2.05, 4.69) is 27.4 Å². The Morgan fingerprint density at radius 2 is 1.33 bits per heavy atom. The minimum atomic E-state index is -0.690. The molecular weight excluding hydrogens is 439 g/mol. The molecule has 0 heterocycles. The second kappa shape index (κ2) is 12.6. The van der Waals surface area contributed by atoms with Crippen molar-refractivity contribution in [2.45, 2.75) is 31.6 Å². The van der Waals surface area contributed by atoms with Crippen LogP contribution in [0.1, 0.15) is 37.0 Å². The number of benzene rings is 3. The third kappa shape index (κ3) is 7.61. The first kappa shape index (κ1) is 24.3. The van der Waals surface area contributed by atoms with Crippen molar-refractivity contribution in [2.75, 3.05) is 12.4 Å². The predicted octanol–water partition coefficient (Wildman–Crippen LogP) is 8.73. The molecule has 3 aromatic rings. The summed E-state index contributed by atoms with van der Waals surface area (Å²) < 4.78 is 19.3. The second-order valence-corrected chi connectivity index (χ2v) is 8.33. The van der Waals surface area contributed by atoms with Gasteiger partial charge in [0.25, 0.3) is 0 Å². The summed E-state index contributed by atoms with van der Waals surface area (Å²) in [6.07, 6.45) is 1.64. The van der Waals surface area contributed by atoms with E-state index >= 15 is 0 Å². The summed E-state index contributed by atoms with van der Waals surface area (Å²) in [6, 6.07) is 19.0. The Kier molecular flexibility index (Phi) is 9.26. The van der Waals surface area contributed by atoms with Crippen molar-refractivity contribution in [1.82, 2.24) is 0 Å². The average Bonchev–Trinajstić information content (AvgIpc) is 2.83. The van der Waals surface area contributed by atoms with Gasteiger partial charge in [-0.25, -0.2) is 9.18 Å². The number of unbranched alkanes of at least 4 members (excludes halogenated alkanes) is 1. The Hall–Kier alpha value is -3.39. The molecule has 33 heavy (non-hydrogen) atoms. The number of nitrogens with zero attached hydrogens (tertiary/aromatic N) is 4. The molecule has 0 bridgehead atoms. The van der Waals surface area contributed by atoms with Crippen LogP contribution in [0.5, 0.6) is 0 Å². The van der Waals surface area contributed by atoms with Crippen molar-refractivity contribution in [3.8, 4) is 0 Å². The molecule has 0 aromatic heterocycles. The van der Waals surface area contributed by atoms with Crippen LogP contribution in [0, 0.1) is 5.82 Å². The van der Waals surface area contributed by atoms with Gasteiger partial charge in [-0.3, -0.25) is 0 Å². The number of ether oxygens (including phenoxy) is 1. The first-order valence-corrected chi connectivity index (χ1v) is 11.7. The van der Waals surface area contributed by atoms with E-state index < -0.39 is 11.8 Å². The van der Waals surface area contributed by atoms with Crippen molar-refractivity contribution in [3.05, 3.63) is 78.1 Å². The van der Waals surface area contributed by atoms with E-state index in [-0.39, 0.29) is 12.2 Å². The monoisotopic (exact) mass is 464 g/mol. The van der Waals surface area contributed by atoms with Gasteiger partial charge in [0.2, 0.25) is 0 Å². The fraction of sp³-hybridized carbons (Fsp3) is 0.240. The lowest BCUT2D eigenvalue weighted by Gasteiger charge is -2.05. The number of hydrogen-bond donors (Lipinski definition) is 0. The van der Waals surface area contributed by atoms with Crippen molar-refractivity contribution in [1.29, 1.82) is 0 Å². The Morgan fingerprint density at radius 1 is 0.818 bits per heavy atom. The third-order valence-corrected chi connectivity index (χ3v) is 5.36. The zero-order chi connectivity index (χ0) is 23.5. The van der Waals surface area contributed by atoms with Gasteiger partial charge in [-0.1, -0.05) is 20.3 Å². The number of azo groups is 2. The number of halogens is 1. The van der Waals surface area contributed by atoms with Crippen LogP contribution < -0.4 is 0 Å². The van der Waals surface area contributed by atoms with Crippen LogP contribution in [0.25, 0.3) is 0 Å². The van der Waals surface area contributed by atoms with Crippen molar-refractivity contribution in [2.24, 2.45) is 20.5 Å². The lowest BCUT2D eigenvalue weighted by atomic mass is 10.2. The molecule has 3 aromatic carbocycles. The summed E-state index contributed by atoms with van der Waals surface area (Å²) in [7, 11) is 0. The molecule has 0 spiro atoms. The number of rotatable bonds is 10. The first-order chi connectivity index (χ1) is 16.1. The molecule has 8 heteroatoms.